The van der Waals surface area contributed by atoms with Crippen molar-refractivity contribution in [3.63, 3.8) is 0 Å². The van der Waals surface area contributed by atoms with E-state index >= 15 is 0 Å². The van der Waals surface area contributed by atoms with Crippen molar-refractivity contribution < 1.29 is 4.79 Å². The number of nitrogens with one attached hydrogen (secondary N) is 1. The van der Waals surface area contributed by atoms with E-state index in [0.717, 1.165) is 12.1 Å². The molecule has 0 amide bonds. The van der Waals surface area contributed by atoms with E-state index in [4.69, 9.17) is 0 Å². The van der Waals surface area contributed by atoms with Crippen LogP contribution in [0.1, 0.15) is 33.6 Å². The average Bonchev–Trinajstić information content (AvgIpc) is 1.84. The molecule has 0 atom stereocenters. The Kier molecular flexibility index (Phi) is 5.64. The number of ketones is 1. The lowest BCUT2D eigenvalue weighted by atomic mass is 10.1. The lowest BCUT2D eigenvalue weighted by Crippen LogP contribution is -2.25. The topological polar surface area (TPSA) is 29.1 Å². The number of carbonyl (C=O) groups excluding carboxylic acids is 1. The van der Waals surface area contributed by atoms with Gasteiger partial charge in [0.1, 0.15) is 5.78 Å². The Morgan fingerprint density at radius 1 is 1.50 bits per heavy atom. The standard InChI is InChI=1S/C10H19NO/c1-8(2)7-10(12)5-6-11-9(3)4/h9,11H,1,5-7H2,2-4H3. The highest BCUT2D eigenvalue weighted by Gasteiger charge is 2.01. The van der Waals surface area contributed by atoms with Crippen molar-refractivity contribution in [3.8, 4) is 0 Å². The lowest BCUT2D eigenvalue weighted by molar-refractivity contribution is -0.118. The van der Waals surface area contributed by atoms with Gasteiger partial charge in [0.15, 0.2) is 0 Å². The maximum Gasteiger partial charge on any atom is 0.138 e. The van der Waals surface area contributed by atoms with Crippen molar-refractivity contribution in [3.05, 3.63) is 12.2 Å². The molecule has 0 radical (unpaired) electrons. The highest BCUT2D eigenvalue weighted by Crippen LogP contribution is 1.98. The molecule has 2 nitrogen and oxygen atoms in total. The normalized spacial score (nSPS) is 10.3. The molecule has 0 rings (SSSR count). The summed E-state index contributed by atoms with van der Waals surface area (Å²) < 4.78 is 0. The second-order valence-corrected chi connectivity index (χ2v) is 3.53. The maximum absolute atomic E-state index is 11.1. The number of allylic oxidation sites excluding steroid dienone is 1. The molecule has 0 fully saturated rings. The molecule has 0 aromatic heterocycles. The van der Waals surface area contributed by atoms with E-state index in [2.05, 4.69) is 25.7 Å². The van der Waals surface area contributed by atoms with E-state index in [-0.39, 0.29) is 5.78 Å². The van der Waals surface area contributed by atoms with Crippen LogP contribution in [0.2, 0.25) is 0 Å². The second-order valence-electron chi connectivity index (χ2n) is 3.53. The van der Waals surface area contributed by atoms with Crippen LogP contribution in [0, 0.1) is 0 Å². The molecule has 1 N–H and O–H groups in total. The number of carbonyl (C=O) groups is 1. The fourth-order valence-corrected chi connectivity index (χ4v) is 0.925. The van der Waals surface area contributed by atoms with E-state index < -0.39 is 0 Å². The predicted molar refractivity (Wildman–Crippen MR) is 52.2 cm³/mol. The monoisotopic (exact) mass is 169 g/mol. The van der Waals surface area contributed by atoms with Gasteiger partial charge in [-0.2, -0.15) is 0 Å². The second kappa shape index (κ2) is 5.95. The third kappa shape index (κ3) is 7.48. The first-order valence-electron chi connectivity index (χ1n) is 4.42. The summed E-state index contributed by atoms with van der Waals surface area (Å²) in [5, 5.41) is 3.20. The Labute approximate surface area is 75.0 Å². The van der Waals surface area contributed by atoms with Crippen LogP contribution in [-0.2, 0) is 4.79 Å². The summed E-state index contributed by atoms with van der Waals surface area (Å²) in [7, 11) is 0. The fraction of sp³-hybridized carbons (Fsp3) is 0.700. The van der Waals surface area contributed by atoms with Gasteiger partial charge in [-0.3, -0.25) is 4.79 Å². The molecule has 12 heavy (non-hydrogen) atoms. The highest BCUT2D eigenvalue weighted by molar-refractivity contribution is 5.80. The van der Waals surface area contributed by atoms with Crippen LogP contribution in [0.4, 0.5) is 0 Å². The molecule has 0 aromatic rings. The zero-order chi connectivity index (χ0) is 9.56. The van der Waals surface area contributed by atoms with Crippen molar-refractivity contribution in [2.75, 3.05) is 6.54 Å². The molecule has 0 aliphatic carbocycles. The van der Waals surface area contributed by atoms with Crippen molar-refractivity contribution >= 4 is 5.78 Å². The van der Waals surface area contributed by atoms with Crippen LogP contribution in [-0.4, -0.2) is 18.4 Å². The van der Waals surface area contributed by atoms with Crippen LogP contribution in [0.25, 0.3) is 0 Å². The van der Waals surface area contributed by atoms with Crippen LogP contribution < -0.4 is 5.32 Å². The minimum atomic E-state index is 0.274. The summed E-state index contributed by atoms with van der Waals surface area (Å²) in [6.07, 6.45) is 1.14. The Morgan fingerprint density at radius 3 is 2.50 bits per heavy atom. The lowest BCUT2D eigenvalue weighted by Gasteiger charge is -2.06. The van der Waals surface area contributed by atoms with Crippen molar-refractivity contribution in [1.82, 2.24) is 5.32 Å². The molecule has 0 saturated heterocycles. The number of hydrogen-bond acceptors (Lipinski definition) is 2. The summed E-state index contributed by atoms with van der Waals surface area (Å²) in [4.78, 5) is 11.1. The molecule has 0 unspecified atom stereocenters. The van der Waals surface area contributed by atoms with Gasteiger partial charge >= 0.3 is 0 Å². The smallest absolute Gasteiger partial charge is 0.138 e. The Hall–Kier alpha value is -0.630. The Morgan fingerprint density at radius 2 is 2.08 bits per heavy atom. The molecular formula is C10H19NO. The van der Waals surface area contributed by atoms with Gasteiger partial charge in [0.25, 0.3) is 0 Å². The zero-order valence-electron chi connectivity index (χ0n) is 8.31. The largest absolute Gasteiger partial charge is 0.314 e. The highest BCUT2D eigenvalue weighted by atomic mass is 16.1. The van der Waals surface area contributed by atoms with Crippen molar-refractivity contribution in [2.24, 2.45) is 0 Å². The third-order valence-corrected chi connectivity index (χ3v) is 1.46. The summed E-state index contributed by atoms with van der Waals surface area (Å²) in [6.45, 7) is 10.5. The molecule has 0 aliphatic heterocycles. The molecule has 2 heteroatoms. The van der Waals surface area contributed by atoms with Crippen LogP contribution in [0.15, 0.2) is 12.2 Å². The van der Waals surface area contributed by atoms with Crippen LogP contribution in [0.5, 0.6) is 0 Å². The minimum Gasteiger partial charge on any atom is -0.314 e. The number of hydrogen-bond donors (Lipinski definition) is 1. The zero-order valence-corrected chi connectivity index (χ0v) is 8.31. The van der Waals surface area contributed by atoms with Gasteiger partial charge in [-0.25, -0.2) is 0 Å². The van der Waals surface area contributed by atoms with E-state index in [1.54, 1.807) is 0 Å². The van der Waals surface area contributed by atoms with Gasteiger partial charge in [0.05, 0.1) is 0 Å². The first kappa shape index (κ1) is 11.4. The van der Waals surface area contributed by atoms with Gasteiger partial charge in [0.2, 0.25) is 0 Å². The fourth-order valence-electron chi connectivity index (χ4n) is 0.925. The molecule has 0 bridgehead atoms. The number of rotatable bonds is 6. The summed E-state index contributed by atoms with van der Waals surface area (Å²) >= 11 is 0. The summed E-state index contributed by atoms with van der Waals surface area (Å²) in [5.41, 5.74) is 0.949. The summed E-state index contributed by atoms with van der Waals surface area (Å²) in [5.74, 6) is 0.274. The van der Waals surface area contributed by atoms with Gasteiger partial charge in [-0.15, -0.1) is 0 Å². The van der Waals surface area contributed by atoms with Gasteiger partial charge in [0, 0.05) is 25.4 Å². The molecule has 0 aromatic carbocycles. The van der Waals surface area contributed by atoms with E-state index in [1.807, 2.05) is 6.92 Å². The molecule has 0 aliphatic rings. The average molecular weight is 169 g/mol. The van der Waals surface area contributed by atoms with Crippen molar-refractivity contribution in [1.29, 1.82) is 0 Å². The molecule has 0 heterocycles. The predicted octanol–water partition coefficient (Wildman–Crippen LogP) is 1.91. The SMILES string of the molecule is C=C(C)CC(=O)CCNC(C)C. The number of Topliss-reactive ketones (excluding diaryl/α,β-unsaturated/α-hetero) is 1. The minimum absolute atomic E-state index is 0.274. The Balaban J connectivity index is 3.38. The Bertz CT molecular complexity index is 161. The van der Waals surface area contributed by atoms with E-state index in [1.165, 1.54) is 0 Å². The van der Waals surface area contributed by atoms with Gasteiger partial charge in [-0.05, 0) is 6.92 Å². The maximum atomic E-state index is 11.1. The third-order valence-electron chi connectivity index (χ3n) is 1.46. The molecule has 70 valence electrons. The molecular weight excluding hydrogens is 150 g/mol. The first-order valence-corrected chi connectivity index (χ1v) is 4.42. The molecule has 0 spiro atoms. The quantitative estimate of drug-likeness (QED) is 0.615. The van der Waals surface area contributed by atoms with Crippen molar-refractivity contribution in [2.45, 2.75) is 39.7 Å². The van der Waals surface area contributed by atoms with Crippen LogP contribution >= 0.6 is 0 Å². The molecule has 0 saturated carbocycles. The van der Waals surface area contributed by atoms with Crippen LogP contribution in [0.3, 0.4) is 0 Å². The van der Waals surface area contributed by atoms with E-state index in [9.17, 15) is 4.79 Å². The first-order chi connectivity index (χ1) is 5.52. The van der Waals surface area contributed by atoms with Gasteiger partial charge < -0.3 is 5.32 Å². The summed E-state index contributed by atoms with van der Waals surface area (Å²) in [6, 6.07) is 0.461. The van der Waals surface area contributed by atoms with E-state index in [0.29, 0.717) is 18.9 Å². The van der Waals surface area contributed by atoms with Gasteiger partial charge in [-0.1, -0.05) is 26.0 Å².